The summed E-state index contributed by atoms with van der Waals surface area (Å²) in [6, 6.07) is 17.1. The summed E-state index contributed by atoms with van der Waals surface area (Å²) in [5.74, 6) is 2.41. The van der Waals surface area contributed by atoms with Crippen molar-refractivity contribution in [3.63, 3.8) is 0 Å². The summed E-state index contributed by atoms with van der Waals surface area (Å²) < 4.78 is 0. The van der Waals surface area contributed by atoms with Gasteiger partial charge in [-0.2, -0.15) is 0 Å². The standard InChI is InChI=1S/C18H17NO/c1-3-14-9-8-12-16(13-14)19-18(20)17(4-2)15-10-6-5-7-11-15/h1,5-13,17H,4H2,2H3,(H,19,20). The lowest BCUT2D eigenvalue weighted by Crippen LogP contribution is -2.20. The molecule has 100 valence electrons. The van der Waals surface area contributed by atoms with Crippen molar-refractivity contribution in [3.05, 3.63) is 65.7 Å². The van der Waals surface area contributed by atoms with Gasteiger partial charge in [0.15, 0.2) is 0 Å². The number of carbonyl (C=O) groups excluding carboxylic acids is 1. The largest absolute Gasteiger partial charge is 0.326 e. The Morgan fingerprint density at radius 2 is 1.95 bits per heavy atom. The Labute approximate surface area is 119 Å². The molecule has 1 unspecified atom stereocenters. The number of hydrogen-bond donors (Lipinski definition) is 1. The van der Waals surface area contributed by atoms with Crippen molar-refractivity contribution in [1.29, 1.82) is 0 Å². The lowest BCUT2D eigenvalue weighted by atomic mass is 9.95. The second kappa shape index (κ2) is 6.58. The van der Waals surface area contributed by atoms with Gasteiger partial charge in [-0.15, -0.1) is 6.42 Å². The molecule has 0 saturated carbocycles. The highest BCUT2D eigenvalue weighted by atomic mass is 16.1. The highest BCUT2D eigenvalue weighted by Crippen LogP contribution is 2.21. The smallest absolute Gasteiger partial charge is 0.231 e. The van der Waals surface area contributed by atoms with E-state index in [2.05, 4.69) is 11.2 Å². The Balaban J connectivity index is 2.16. The maximum atomic E-state index is 12.4. The number of nitrogens with one attached hydrogen (secondary N) is 1. The van der Waals surface area contributed by atoms with E-state index < -0.39 is 0 Å². The molecule has 0 fully saturated rings. The van der Waals surface area contributed by atoms with Gasteiger partial charge in [-0.05, 0) is 30.2 Å². The molecule has 0 aliphatic rings. The van der Waals surface area contributed by atoms with E-state index in [0.717, 1.165) is 23.2 Å². The SMILES string of the molecule is C#Cc1cccc(NC(=O)C(CC)c2ccccc2)c1. The summed E-state index contributed by atoms with van der Waals surface area (Å²) in [5, 5.41) is 2.93. The minimum atomic E-state index is -0.148. The molecule has 1 N–H and O–H groups in total. The van der Waals surface area contributed by atoms with Gasteiger partial charge in [-0.1, -0.05) is 49.2 Å². The van der Waals surface area contributed by atoms with Gasteiger partial charge >= 0.3 is 0 Å². The molecule has 0 heterocycles. The Morgan fingerprint density at radius 1 is 1.20 bits per heavy atom. The van der Waals surface area contributed by atoms with Crippen molar-refractivity contribution >= 4 is 11.6 Å². The molecule has 0 spiro atoms. The van der Waals surface area contributed by atoms with Gasteiger partial charge in [-0.3, -0.25) is 4.79 Å². The molecule has 0 aliphatic heterocycles. The van der Waals surface area contributed by atoms with Crippen molar-refractivity contribution in [2.24, 2.45) is 0 Å². The van der Waals surface area contributed by atoms with Crippen molar-refractivity contribution < 1.29 is 4.79 Å². The first kappa shape index (κ1) is 13.9. The summed E-state index contributed by atoms with van der Waals surface area (Å²) in [7, 11) is 0. The zero-order chi connectivity index (χ0) is 14.4. The van der Waals surface area contributed by atoms with E-state index in [1.54, 1.807) is 6.07 Å². The number of hydrogen-bond acceptors (Lipinski definition) is 1. The highest BCUT2D eigenvalue weighted by Gasteiger charge is 2.18. The summed E-state index contributed by atoms with van der Waals surface area (Å²) in [4.78, 5) is 12.4. The Bertz CT molecular complexity index is 625. The van der Waals surface area contributed by atoms with Gasteiger partial charge in [0.25, 0.3) is 0 Å². The Kier molecular flexibility index (Phi) is 4.57. The van der Waals surface area contributed by atoms with E-state index in [9.17, 15) is 4.79 Å². The Morgan fingerprint density at radius 3 is 2.60 bits per heavy atom. The van der Waals surface area contributed by atoms with Gasteiger partial charge in [0.1, 0.15) is 0 Å². The van der Waals surface area contributed by atoms with Crippen LogP contribution in [0.5, 0.6) is 0 Å². The van der Waals surface area contributed by atoms with Crippen LogP contribution >= 0.6 is 0 Å². The molecule has 0 bridgehead atoms. The van der Waals surface area contributed by atoms with Crippen LogP contribution in [0.25, 0.3) is 0 Å². The lowest BCUT2D eigenvalue weighted by Gasteiger charge is -2.15. The molecule has 1 amide bonds. The molecular formula is C18H17NO. The fourth-order valence-corrected chi connectivity index (χ4v) is 2.17. The average molecular weight is 263 g/mol. The number of anilines is 1. The summed E-state index contributed by atoms with van der Waals surface area (Å²) in [6.45, 7) is 2.01. The molecule has 2 rings (SSSR count). The third-order valence-electron chi connectivity index (χ3n) is 3.22. The second-order valence-electron chi connectivity index (χ2n) is 4.59. The number of carbonyl (C=O) groups is 1. The van der Waals surface area contributed by atoms with Crippen molar-refractivity contribution in [1.82, 2.24) is 0 Å². The first-order chi connectivity index (χ1) is 9.74. The molecule has 0 aliphatic carbocycles. The fraction of sp³-hybridized carbons (Fsp3) is 0.167. The molecule has 2 aromatic rings. The van der Waals surface area contributed by atoms with E-state index in [0.29, 0.717) is 0 Å². The quantitative estimate of drug-likeness (QED) is 0.835. The van der Waals surface area contributed by atoms with Crippen molar-refractivity contribution in [2.75, 3.05) is 5.32 Å². The van der Waals surface area contributed by atoms with E-state index >= 15 is 0 Å². The van der Waals surface area contributed by atoms with Crippen LogP contribution in [-0.2, 0) is 4.79 Å². The number of amides is 1. The zero-order valence-electron chi connectivity index (χ0n) is 11.5. The van der Waals surface area contributed by atoms with Crippen LogP contribution in [-0.4, -0.2) is 5.91 Å². The topological polar surface area (TPSA) is 29.1 Å². The lowest BCUT2D eigenvalue weighted by molar-refractivity contribution is -0.117. The zero-order valence-corrected chi connectivity index (χ0v) is 11.5. The minimum absolute atomic E-state index is 0.00660. The molecule has 0 radical (unpaired) electrons. The van der Waals surface area contributed by atoms with Gasteiger partial charge in [0.2, 0.25) is 5.91 Å². The van der Waals surface area contributed by atoms with Crippen LogP contribution in [0.15, 0.2) is 54.6 Å². The van der Waals surface area contributed by atoms with Crippen molar-refractivity contribution in [2.45, 2.75) is 19.3 Å². The first-order valence-corrected chi connectivity index (χ1v) is 6.67. The summed E-state index contributed by atoms with van der Waals surface area (Å²) >= 11 is 0. The molecule has 0 aromatic heterocycles. The molecule has 2 heteroatoms. The van der Waals surface area contributed by atoms with E-state index in [-0.39, 0.29) is 11.8 Å². The van der Waals surface area contributed by atoms with E-state index in [4.69, 9.17) is 6.42 Å². The molecule has 0 saturated heterocycles. The monoisotopic (exact) mass is 263 g/mol. The number of rotatable bonds is 4. The van der Waals surface area contributed by atoms with Gasteiger partial charge in [0, 0.05) is 11.3 Å². The second-order valence-corrected chi connectivity index (χ2v) is 4.59. The third kappa shape index (κ3) is 3.27. The maximum absolute atomic E-state index is 12.4. The van der Waals surface area contributed by atoms with Crippen LogP contribution < -0.4 is 5.32 Å². The van der Waals surface area contributed by atoms with Crippen LogP contribution in [0.4, 0.5) is 5.69 Å². The Hall–Kier alpha value is -2.53. The fourth-order valence-electron chi connectivity index (χ4n) is 2.17. The molecule has 20 heavy (non-hydrogen) atoms. The van der Waals surface area contributed by atoms with Crippen LogP contribution in [0.3, 0.4) is 0 Å². The number of terminal acetylenes is 1. The molecule has 2 nitrogen and oxygen atoms in total. The normalized spacial score (nSPS) is 11.4. The highest BCUT2D eigenvalue weighted by molar-refractivity contribution is 5.95. The molecule has 2 aromatic carbocycles. The maximum Gasteiger partial charge on any atom is 0.231 e. The average Bonchev–Trinajstić information content (AvgIpc) is 2.49. The minimum Gasteiger partial charge on any atom is -0.326 e. The van der Waals surface area contributed by atoms with Crippen LogP contribution in [0.2, 0.25) is 0 Å². The van der Waals surface area contributed by atoms with Crippen molar-refractivity contribution in [3.8, 4) is 12.3 Å². The van der Waals surface area contributed by atoms with Crippen LogP contribution in [0, 0.1) is 12.3 Å². The van der Waals surface area contributed by atoms with Gasteiger partial charge in [0.05, 0.1) is 5.92 Å². The van der Waals surface area contributed by atoms with Gasteiger partial charge in [-0.25, -0.2) is 0 Å². The third-order valence-corrected chi connectivity index (χ3v) is 3.22. The van der Waals surface area contributed by atoms with E-state index in [1.165, 1.54) is 0 Å². The summed E-state index contributed by atoms with van der Waals surface area (Å²) in [6.07, 6.45) is 6.12. The van der Waals surface area contributed by atoms with E-state index in [1.807, 2.05) is 55.5 Å². The predicted molar refractivity (Wildman–Crippen MR) is 82.5 cm³/mol. The number of benzene rings is 2. The van der Waals surface area contributed by atoms with Gasteiger partial charge < -0.3 is 5.32 Å². The molecule has 1 atom stereocenters. The summed E-state index contributed by atoms with van der Waals surface area (Å²) in [5.41, 5.74) is 2.52. The van der Waals surface area contributed by atoms with Crippen LogP contribution in [0.1, 0.15) is 30.4 Å². The first-order valence-electron chi connectivity index (χ1n) is 6.67. The predicted octanol–water partition coefficient (Wildman–Crippen LogP) is 3.80. The molecular weight excluding hydrogens is 246 g/mol.